The molecule has 0 heterocycles. The van der Waals surface area contributed by atoms with Crippen molar-refractivity contribution in [2.75, 3.05) is 0 Å². The maximum absolute atomic E-state index is 7.55. The summed E-state index contributed by atoms with van der Waals surface area (Å²) in [7, 11) is 0. The second kappa shape index (κ2) is 5.84. The van der Waals surface area contributed by atoms with Crippen LogP contribution in [0.5, 0.6) is 0 Å². The van der Waals surface area contributed by atoms with E-state index in [4.69, 9.17) is 5.41 Å². The number of hydrogen-bond acceptors (Lipinski definition) is 2. The molecule has 102 valence electrons. The van der Waals surface area contributed by atoms with Crippen LogP contribution < -0.4 is 0 Å². The van der Waals surface area contributed by atoms with Gasteiger partial charge in [-0.05, 0) is 61.6 Å². The first-order chi connectivity index (χ1) is 9.76. The van der Waals surface area contributed by atoms with E-state index in [1.54, 1.807) is 6.21 Å². The van der Waals surface area contributed by atoms with Crippen LogP contribution in [-0.4, -0.2) is 6.21 Å². The Morgan fingerprint density at radius 1 is 1.10 bits per heavy atom. The minimum absolute atomic E-state index is 0.331. The predicted molar refractivity (Wildman–Crippen MR) is 86.2 cm³/mol. The van der Waals surface area contributed by atoms with Crippen LogP contribution in [0.4, 0.5) is 0 Å². The van der Waals surface area contributed by atoms with Gasteiger partial charge in [-0.3, -0.25) is 0 Å². The van der Waals surface area contributed by atoms with Crippen LogP contribution in [0.3, 0.4) is 0 Å². The maximum Gasteiger partial charge on any atom is 0.0189 e. The Labute approximate surface area is 124 Å². The lowest BCUT2D eigenvalue weighted by Gasteiger charge is -2.22. The fourth-order valence-corrected chi connectivity index (χ4v) is 3.69. The summed E-state index contributed by atoms with van der Waals surface area (Å²) >= 11 is 1.82. The molecule has 0 saturated heterocycles. The van der Waals surface area contributed by atoms with Gasteiger partial charge in [0.1, 0.15) is 0 Å². The van der Waals surface area contributed by atoms with Crippen LogP contribution in [0.15, 0.2) is 52.3 Å². The average Bonchev–Trinajstić information content (AvgIpc) is 2.49. The van der Waals surface area contributed by atoms with Gasteiger partial charge in [0.25, 0.3) is 0 Å². The fraction of sp³-hybridized carbons (Fsp3) is 0.278. The molecule has 0 aliphatic heterocycles. The van der Waals surface area contributed by atoms with Gasteiger partial charge in [-0.15, -0.1) is 0 Å². The Kier molecular flexibility index (Phi) is 3.93. The average molecular weight is 281 g/mol. The van der Waals surface area contributed by atoms with Crippen molar-refractivity contribution in [3.63, 3.8) is 0 Å². The van der Waals surface area contributed by atoms with Crippen molar-refractivity contribution in [1.82, 2.24) is 0 Å². The molecule has 0 amide bonds. The number of aryl methyl sites for hydroxylation is 2. The Hall–Kier alpha value is -1.54. The highest BCUT2D eigenvalue weighted by Gasteiger charge is 2.18. The third-order valence-corrected chi connectivity index (χ3v) is 4.93. The summed E-state index contributed by atoms with van der Waals surface area (Å²) in [5.41, 5.74) is 4.09. The number of benzene rings is 2. The summed E-state index contributed by atoms with van der Waals surface area (Å²) in [5, 5.41) is 7.55. The first kappa shape index (κ1) is 13.4. The number of fused-ring (bicyclic) bond motifs is 1. The first-order valence-corrected chi connectivity index (χ1v) is 7.96. The monoisotopic (exact) mass is 281 g/mol. The normalized spacial score (nSPS) is 17.6. The van der Waals surface area contributed by atoms with E-state index in [9.17, 15) is 0 Å². The van der Waals surface area contributed by atoms with E-state index in [1.807, 2.05) is 11.8 Å². The SMILES string of the molecule is Cc1ccc(Sc2ccc3c(c2)CCCC3C=N)cc1. The summed E-state index contributed by atoms with van der Waals surface area (Å²) in [5.74, 6) is 0.331. The highest BCUT2D eigenvalue weighted by Crippen LogP contribution is 2.35. The van der Waals surface area contributed by atoms with Gasteiger partial charge >= 0.3 is 0 Å². The number of rotatable bonds is 3. The summed E-state index contributed by atoms with van der Waals surface area (Å²) in [6, 6.07) is 15.4. The van der Waals surface area contributed by atoms with Gasteiger partial charge in [0, 0.05) is 21.9 Å². The van der Waals surface area contributed by atoms with Gasteiger partial charge in [0.05, 0.1) is 0 Å². The lowest BCUT2D eigenvalue weighted by Crippen LogP contribution is -2.10. The van der Waals surface area contributed by atoms with Crippen molar-refractivity contribution in [3.8, 4) is 0 Å². The van der Waals surface area contributed by atoms with Crippen LogP contribution in [0.2, 0.25) is 0 Å². The van der Waals surface area contributed by atoms with Crippen molar-refractivity contribution in [1.29, 1.82) is 5.41 Å². The molecule has 0 radical (unpaired) electrons. The van der Waals surface area contributed by atoms with Crippen LogP contribution in [0.1, 0.15) is 35.4 Å². The second-order valence-corrected chi connectivity index (χ2v) is 6.59. The van der Waals surface area contributed by atoms with Gasteiger partial charge in [0.2, 0.25) is 0 Å². The molecule has 0 saturated carbocycles. The Balaban J connectivity index is 1.85. The standard InChI is InChI=1S/C18H19NS/c1-13-5-7-16(8-6-13)20-17-9-10-18-14(11-17)3-2-4-15(18)12-19/h5-12,15,19H,2-4H2,1H3. The minimum Gasteiger partial charge on any atom is -0.312 e. The molecule has 2 heteroatoms. The van der Waals surface area contributed by atoms with E-state index in [0.717, 1.165) is 12.8 Å². The molecule has 20 heavy (non-hydrogen) atoms. The summed E-state index contributed by atoms with van der Waals surface area (Å²) in [6.45, 7) is 2.12. The van der Waals surface area contributed by atoms with E-state index in [2.05, 4.69) is 49.4 Å². The van der Waals surface area contributed by atoms with Gasteiger partial charge in [0.15, 0.2) is 0 Å². The molecule has 1 unspecified atom stereocenters. The molecular weight excluding hydrogens is 262 g/mol. The largest absolute Gasteiger partial charge is 0.312 e. The molecular formula is C18H19NS. The third kappa shape index (κ3) is 2.80. The van der Waals surface area contributed by atoms with Crippen molar-refractivity contribution in [2.24, 2.45) is 0 Å². The smallest absolute Gasteiger partial charge is 0.0189 e. The molecule has 3 rings (SSSR count). The molecule has 0 bridgehead atoms. The van der Waals surface area contributed by atoms with Crippen LogP contribution in [-0.2, 0) is 6.42 Å². The Morgan fingerprint density at radius 2 is 1.85 bits per heavy atom. The molecule has 0 fully saturated rings. The molecule has 0 aromatic heterocycles. The molecule has 2 aromatic carbocycles. The molecule has 2 aromatic rings. The van der Waals surface area contributed by atoms with Gasteiger partial charge in [-0.1, -0.05) is 35.5 Å². The van der Waals surface area contributed by atoms with Crippen molar-refractivity contribution in [2.45, 2.75) is 41.9 Å². The van der Waals surface area contributed by atoms with Crippen LogP contribution in [0, 0.1) is 12.3 Å². The lowest BCUT2D eigenvalue weighted by molar-refractivity contribution is 0.653. The predicted octanol–water partition coefficient (Wildman–Crippen LogP) is 5.22. The zero-order chi connectivity index (χ0) is 13.9. The Bertz CT molecular complexity index is 616. The number of hydrogen-bond donors (Lipinski definition) is 1. The molecule has 1 N–H and O–H groups in total. The lowest BCUT2D eigenvalue weighted by atomic mass is 9.83. The van der Waals surface area contributed by atoms with Gasteiger partial charge in [-0.2, -0.15) is 0 Å². The third-order valence-electron chi connectivity index (χ3n) is 3.93. The summed E-state index contributed by atoms with van der Waals surface area (Å²) < 4.78 is 0. The van der Waals surface area contributed by atoms with Crippen LogP contribution >= 0.6 is 11.8 Å². The van der Waals surface area contributed by atoms with E-state index in [0.29, 0.717) is 5.92 Å². The zero-order valence-electron chi connectivity index (χ0n) is 11.7. The van der Waals surface area contributed by atoms with Gasteiger partial charge in [-0.25, -0.2) is 0 Å². The first-order valence-electron chi connectivity index (χ1n) is 7.14. The summed E-state index contributed by atoms with van der Waals surface area (Å²) in [4.78, 5) is 2.59. The van der Waals surface area contributed by atoms with Gasteiger partial charge < -0.3 is 5.41 Å². The van der Waals surface area contributed by atoms with Crippen molar-refractivity contribution < 1.29 is 0 Å². The minimum atomic E-state index is 0.331. The zero-order valence-corrected chi connectivity index (χ0v) is 12.5. The second-order valence-electron chi connectivity index (χ2n) is 5.44. The fourth-order valence-electron chi connectivity index (χ4n) is 2.81. The Morgan fingerprint density at radius 3 is 2.60 bits per heavy atom. The highest BCUT2D eigenvalue weighted by atomic mass is 32.2. The number of nitrogens with one attached hydrogen (secondary N) is 1. The topological polar surface area (TPSA) is 23.9 Å². The quantitative estimate of drug-likeness (QED) is 0.767. The highest BCUT2D eigenvalue weighted by molar-refractivity contribution is 7.99. The van der Waals surface area contributed by atoms with E-state index in [1.165, 1.54) is 32.9 Å². The van der Waals surface area contributed by atoms with Crippen LogP contribution in [0.25, 0.3) is 0 Å². The molecule has 1 aliphatic carbocycles. The molecule has 0 spiro atoms. The van der Waals surface area contributed by atoms with Crippen molar-refractivity contribution >= 4 is 18.0 Å². The van der Waals surface area contributed by atoms with E-state index >= 15 is 0 Å². The molecule has 1 atom stereocenters. The van der Waals surface area contributed by atoms with E-state index in [-0.39, 0.29) is 0 Å². The summed E-state index contributed by atoms with van der Waals surface area (Å²) in [6.07, 6.45) is 5.08. The molecule has 1 aliphatic rings. The van der Waals surface area contributed by atoms with Crippen molar-refractivity contribution in [3.05, 3.63) is 59.2 Å². The van der Waals surface area contributed by atoms with E-state index < -0.39 is 0 Å². The maximum atomic E-state index is 7.55. The molecule has 1 nitrogen and oxygen atoms in total.